The second kappa shape index (κ2) is 3.70. The SMILES string of the molecule is CCCCn1nc2c(c1Cl)CCC2. The molecule has 0 aromatic carbocycles. The highest BCUT2D eigenvalue weighted by Gasteiger charge is 2.20. The lowest BCUT2D eigenvalue weighted by Gasteiger charge is -2.01. The van der Waals surface area contributed by atoms with Gasteiger partial charge in [-0.15, -0.1) is 0 Å². The van der Waals surface area contributed by atoms with Crippen LogP contribution in [0.3, 0.4) is 0 Å². The fourth-order valence-electron chi connectivity index (χ4n) is 1.86. The van der Waals surface area contributed by atoms with Crippen molar-refractivity contribution < 1.29 is 0 Å². The minimum absolute atomic E-state index is 0.890. The molecular weight excluding hydrogens is 184 g/mol. The fourth-order valence-corrected chi connectivity index (χ4v) is 2.19. The highest BCUT2D eigenvalue weighted by molar-refractivity contribution is 6.30. The first-order chi connectivity index (χ1) is 6.33. The first-order valence-electron chi connectivity index (χ1n) is 5.07. The number of aromatic nitrogens is 2. The summed E-state index contributed by atoms with van der Waals surface area (Å²) in [7, 11) is 0. The fraction of sp³-hybridized carbons (Fsp3) is 0.700. The lowest BCUT2D eigenvalue weighted by molar-refractivity contribution is 0.563. The summed E-state index contributed by atoms with van der Waals surface area (Å²) in [4.78, 5) is 0. The number of fused-ring (bicyclic) bond motifs is 1. The molecule has 0 fully saturated rings. The third-order valence-electron chi connectivity index (χ3n) is 2.63. The van der Waals surface area contributed by atoms with E-state index in [4.69, 9.17) is 11.6 Å². The highest BCUT2D eigenvalue weighted by Crippen LogP contribution is 2.28. The van der Waals surface area contributed by atoms with Crippen LogP contribution in [0.1, 0.15) is 37.4 Å². The number of halogens is 1. The zero-order valence-corrected chi connectivity index (χ0v) is 8.77. The quantitative estimate of drug-likeness (QED) is 0.731. The second-order valence-electron chi connectivity index (χ2n) is 3.65. The van der Waals surface area contributed by atoms with Gasteiger partial charge in [0, 0.05) is 12.1 Å². The summed E-state index contributed by atoms with van der Waals surface area (Å²) < 4.78 is 1.97. The van der Waals surface area contributed by atoms with E-state index < -0.39 is 0 Å². The Bertz CT molecular complexity index is 304. The molecule has 0 aliphatic heterocycles. The average Bonchev–Trinajstić information content (AvgIpc) is 2.67. The Morgan fingerprint density at radius 3 is 3.00 bits per heavy atom. The number of hydrogen-bond donors (Lipinski definition) is 0. The zero-order valence-electron chi connectivity index (χ0n) is 8.02. The van der Waals surface area contributed by atoms with Crippen molar-refractivity contribution in [1.29, 1.82) is 0 Å². The molecule has 0 amide bonds. The van der Waals surface area contributed by atoms with Gasteiger partial charge in [0.15, 0.2) is 0 Å². The van der Waals surface area contributed by atoms with Crippen LogP contribution < -0.4 is 0 Å². The van der Waals surface area contributed by atoms with Gasteiger partial charge in [0.05, 0.1) is 5.69 Å². The van der Waals surface area contributed by atoms with Gasteiger partial charge in [-0.2, -0.15) is 5.10 Å². The normalized spacial score (nSPS) is 14.9. The maximum absolute atomic E-state index is 6.21. The molecule has 2 nitrogen and oxygen atoms in total. The monoisotopic (exact) mass is 198 g/mol. The van der Waals surface area contributed by atoms with Crippen molar-refractivity contribution in [2.24, 2.45) is 0 Å². The van der Waals surface area contributed by atoms with E-state index in [-0.39, 0.29) is 0 Å². The van der Waals surface area contributed by atoms with Crippen molar-refractivity contribution in [3.8, 4) is 0 Å². The molecule has 1 aliphatic rings. The van der Waals surface area contributed by atoms with E-state index in [0.717, 1.165) is 24.5 Å². The largest absolute Gasteiger partial charge is 0.253 e. The van der Waals surface area contributed by atoms with Gasteiger partial charge in [-0.1, -0.05) is 24.9 Å². The van der Waals surface area contributed by atoms with Crippen LogP contribution in [-0.4, -0.2) is 9.78 Å². The molecule has 0 N–H and O–H groups in total. The number of aryl methyl sites for hydroxylation is 2. The van der Waals surface area contributed by atoms with E-state index in [1.807, 2.05) is 4.68 Å². The molecule has 0 radical (unpaired) electrons. The number of unbranched alkanes of at least 4 members (excludes halogenated alkanes) is 1. The lowest BCUT2D eigenvalue weighted by Crippen LogP contribution is -2.01. The molecule has 1 heterocycles. The van der Waals surface area contributed by atoms with Gasteiger partial charge in [0.25, 0.3) is 0 Å². The Kier molecular flexibility index (Phi) is 2.58. The standard InChI is InChI=1S/C10H15ClN2/c1-2-3-7-13-10(11)8-5-4-6-9(8)12-13/h2-7H2,1H3. The van der Waals surface area contributed by atoms with Crippen LogP contribution in [0.2, 0.25) is 5.15 Å². The molecule has 0 unspecified atom stereocenters. The van der Waals surface area contributed by atoms with Crippen molar-refractivity contribution in [1.82, 2.24) is 9.78 Å². The van der Waals surface area contributed by atoms with Gasteiger partial charge in [-0.05, 0) is 25.7 Å². The van der Waals surface area contributed by atoms with Crippen molar-refractivity contribution in [2.45, 2.75) is 45.6 Å². The van der Waals surface area contributed by atoms with Crippen LogP contribution in [0.4, 0.5) is 0 Å². The minimum Gasteiger partial charge on any atom is -0.253 e. The van der Waals surface area contributed by atoms with E-state index in [1.54, 1.807) is 0 Å². The third-order valence-corrected chi connectivity index (χ3v) is 3.05. The highest BCUT2D eigenvalue weighted by atomic mass is 35.5. The molecule has 1 aromatic heterocycles. The average molecular weight is 199 g/mol. The van der Waals surface area contributed by atoms with Crippen molar-refractivity contribution >= 4 is 11.6 Å². The van der Waals surface area contributed by atoms with Gasteiger partial charge in [0.1, 0.15) is 5.15 Å². The lowest BCUT2D eigenvalue weighted by atomic mass is 10.3. The smallest absolute Gasteiger partial charge is 0.130 e. The predicted octanol–water partition coefficient (Wildman–Crippen LogP) is 2.83. The summed E-state index contributed by atoms with van der Waals surface area (Å²) in [5.41, 5.74) is 2.54. The summed E-state index contributed by atoms with van der Waals surface area (Å²) in [6, 6.07) is 0. The summed E-state index contributed by atoms with van der Waals surface area (Å²) in [6.45, 7) is 3.16. The van der Waals surface area contributed by atoms with E-state index >= 15 is 0 Å². The van der Waals surface area contributed by atoms with Gasteiger partial charge in [0.2, 0.25) is 0 Å². The second-order valence-corrected chi connectivity index (χ2v) is 4.00. The molecule has 1 aromatic rings. The molecule has 72 valence electrons. The van der Waals surface area contributed by atoms with Gasteiger partial charge >= 0.3 is 0 Å². The number of hydrogen-bond acceptors (Lipinski definition) is 1. The summed E-state index contributed by atoms with van der Waals surface area (Å²) in [5, 5.41) is 5.40. The van der Waals surface area contributed by atoms with Crippen molar-refractivity contribution in [3.63, 3.8) is 0 Å². The first kappa shape index (κ1) is 9.07. The molecule has 3 heteroatoms. The summed E-state index contributed by atoms with van der Waals surface area (Å²) >= 11 is 6.21. The molecule has 0 saturated carbocycles. The Labute approximate surface area is 83.9 Å². The summed E-state index contributed by atoms with van der Waals surface area (Å²) in [5.74, 6) is 0. The Morgan fingerprint density at radius 1 is 1.46 bits per heavy atom. The topological polar surface area (TPSA) is 17.8 Å². The summed E-state index contributed by atoms with van der Waals surface area (Å²) in [6.07, 6.45) is 5.83. The van der Waals surface area contributed by atoms with Crippen LogP contribution in [0.15, 0.2) is 0 Å². The van der Waals surface area contributed by atoms with E-state index in [0.29, 0.717) is 0 Å². The van der Waals surface area contributed by atoms with E-state index in [1.165, 1.54) is 30.5 Å². The van der Waals surface area contributed by atoms with Gasteiger partial charge < -0.3 is 0 Å². The van der Waals surface area contributed by atoms with Gasteiger partial charge in [-0.25, -0.2) is 0 Å². The van der Waals surface area contributed by atoms with Crippen LogP contribution in [-0.2, 0) is 19.4 Å². The Balaban J connectivity index is 2.18. The van der Waals surface area contributed by atoms with Crippen LogP contribution >= 0.6 is 11.6 Å². The Hall–Kier alpha value is -0.500. The maximum Gasteiger partial charge on any atom is 0.130 e. The minimum atomic E-state index is 0.890. The maximum atomic E-state index is 6.21. The predicted molar refractivity (Wildman–Crippen MR) is 54.2 cm³/mol. The van der Waals surface area contributed by atoms with Crippen LogP contribution in [0, 0.1) is 0 Å². The molecule has 1 aliphatic carbocycles. The van der Waals surface area contributed by atoms with E-state index in [9.17, 15) is 0 Å². The molecule has 2 rings (SSSR count). The molecular formula is C10H15ClN2. The molecule has 0 spiro atoms. The van der Waals surface area contributed by atoms with Crippen LogP contribution in [0.5, 0.6) is 0 Å². The molecule has 0 bridgehead atoms. The van der Waals surface area contributed by atoms with Crippen molar-refractivity contribution in [2.75, 3.05) is 0 Å². The molecule has 13 heavy (non-hydrogen) atoms. The van der Waals surface area contributed by atoms with Gasteiger partial charge in [-0.3, -0.25) is 4.68 Å². The zero-order chi connectivity index (χ0) is 9.26. The third kappa shape index (κ3) is 1.60. The number of rotatable bonds is 3. The van der Waals surface area contributed by atoms with Crippen LogP contribution in [0.25, 0.3) is 0 Å². The number of nitrogens with zero attached hydrogens (tertiary/aromatic N) is 2. The molecule has 0 atom stereocenters. The van der Waals surface area contributed by atoms with Crippen molar-refractivity contribution in [3.05, 3.63) is 16.4 Å². The Morgan fingerprint density at radius 2 is 2.31 bits per heavy atom. The molecule has 0 saturated heterocycles. The van der Waals surface area contributed by atoms with E-state index in [2.05, 4.69) is 12.0 Å². The first-order valence-corrected chi connectivity index (χ1v) is 5.44.